The van der Waals surface area contributed by atoms with E-state index in [1.807, 2.05) is 0 Å². The molecule has 0 aromatic heterocycles. The summed E-state index contributed by atoms with van der Waals surface area (Å²) >= 11 is 0. The van der Waals surface area contributed by atoms with Crippen molar-refractivity contribution in [3.05, 3.63) is 24.3 Å². The molecule has 0 heterocycles. The van der Waals surface area contributed by atoms with Gasteiger partial charge in [0.1, 0.15) is 5.60 Å². The van der Waals surface area contributed by atoms with E-state index in [0.29, 0.717) is 43.5 Å². The van der Waals surface area contributed by atoms with Gasteiger partial charge in [0.15, 0.2) is 0 Å². The van der Waals surface area contributed by atoms with Crippen molar-refractivity contribution in [2.75, 3.05) is 6.61 Å². The maximum Gasteiger partial charge on any atom is 0.306 e. The van der Waals surface area contributed by atoms with Gasteiger partial charge in [-0.05, 0) is 104 Å². The lowest BCUT2D eigenvalue weighted by Gasteiger charge is -2.34. The highest BCUT2D eigenvalue weighted by atomic mass is 16.6. The van der Waals surface area contributed by atoms with Crippen LogP contribution in [0.15, 0.2) is 24.3 Å². The van der Waals surface area contributed by atoms with Crippen LogP contribution in [0.5, 0.6) is 0 Å². The molecule has 0 bridgehead atoms. The molecule has 5 nitrogen and oxygen atoms in total. The molecule has 0 saturated carbocycles. The van der Waals surface area contributed by atoms with E-state index in [1.165, 1.54) is 109 Å². The summed E-state index contributed by atoms with van der Waals surface area (Å²) in [6.07, 6.45) is 43.5. The zero-order valence-corrected chi connectivity index (χ0v) is 38.1. The van der Waals surface area contributed by atoms with Gasteiger partial charge in [-0.15, -0.1) is 0 Å². The SMILES string of the molecule is CCCCCCC(C/C=C\CCCCCCCC(=O)OC(C)(C)C(C/C=C\CCCCCCCC(=O)OCC(CC)CCCC)CCCCCC)OC(C)C. The molecule has 0 aliphatic carbocycles. The molecule has 0 radical (unpaired) electrons. The number of hydrogen-bond donors (Lipinski definition) is 0. The Bertz CT molecular complexity index is 921. The standard InChI is InChI=1S/C50H94O5/c1-9-13-16-30-37-46(38-31-26-22-18-20-24-28-34-41-48(51)53-43-45(12-4)36-15-11-3)50(7,8)55-49(52)42-35-29-25-21-19-23-27-33-40-47(54-44(5)6)39-32-17-14-10-2/h26-27,31,33,44-47H,9-25,28-30,32,34-43H2,1-8H3/b31-26-,33-27-. The minimum Gasteiger partial charge on any atom is -0.465 e. The van der Waals surface area contributed by atoms with Crippen LogP contribution < -0.4 is 0 Å². The summed E-state index contributed by atoms with van der Waals surface area (Å²) in [7, 11) is 0. The fourth-order valence-electron chi connectivity index (χ4n) is 7.47. The monoisotopic (exact) mass is 775 g/mol. The first kappa shape index (κ1) is 53.4. The molecule has 0 aliphatic heterocycles. The largest absolute Gasteiger partial charge is 0.465 e. The first-order valence-electron chi connectivity index (χ1n) is 23.9. The summed E-state index contributed by atoms with van der Waals surface area (Å²) in [4.78, 5) is 25.1. The number of unbranched alkanes of at least 4 members (excludes halogenated alkanes) is 17. The van der Waals surface area contributed by atoms with Gasteiger partial charge in [0.05, 0.1) is 18.8 Å². The summed E-state index contributed by atoms with van der Waals surface area (Å²) < 4.78 is 17.9. The second-order valence-corrected chi connectivity index (χ2v) is 17.4. The molecule has 5 heteroatoms. The molecular weight excluding hydrogens is 681 g/mol. The lowest BCUT2D eigenvalue weighted by molar-refractivity contribution is -0.162. The molecule has 3 atom stereocenters. The number of hydrogen-bond acceptors (Lipinski definition) is 5. The molecule has 3 unspecified atom stereocenters. The van der Waals surface area contributed by atoms with Gasteiger partial charge in [0.2, 0.25) is 0 Å². The zero-order valence-electron chi connectivity index (χ0n) is 38.1. The molecule has 0 fully saturated rings. The van der Waals surface area contributed by atoms with Crippen molar-refractivity contribution in [3.63, 3.8) is 0 Å². The molecule has 0 spiro atoms. The van der Waals surface area contributed by atoms with Crippen LogP contribution in [0, 0.1) is 11.8 Å². The topological polar surface area (TPSA) is 61.8 Å². The number of rotatable bonds is 40. The molecule has 0 aromatic rings. The third-order valence-electron chi connectivity index (χ3n) is 11.3. The van der Waals surface area contributed by atoms with E-state index in [-0.39, 0.29) is 11.9 Å². The van der Waals surface area contributed by atoms with Crippen LogP contribution in [0.2, 0.25) is 0 Å². The fraction of sp³-hybridized carbons (Fsp3) is 0.880. The van der Waals surface area contributed by atoms with Gasteiger partial charge < -0.3 is 14.2 Å². The van der Waals surface area contributed by atoms with Gasteiger partial charge in [-0.1, -0.05) is 161 Å². The Morgan fingerprint density at radius 3 is 1.62 bits per heavy atom. The molecule has 324 valence electrons. The first-order chi connectivity index (χ1) is 26.6. The molecule has 0 amide bonds. The van der Waals surface area contributed by atoms with Crippen molar-refractivity contribution < 1.29 is 23.8 Å². The van der Waals surface area contributed by atoms with E-state index in [0.717, 1.165) is 70.6 Å². The Balaban J connectivity index is 4.35. The molecule has 0 N–H and O–H groups in total. The quantitative estimate of drug-likeness (QED) is 0.0352. The molecular formula is C50H94O5. The second kappa shape index (κ2) is 37.9. The van der Waals surface area contributed by atoms with E-state index in [2.05, 4.69) is 79.7 Å². The summed E-state index contributed by atoms with van der Waals surface area (Å²) in [5, 5.41) is 0. The van der Waals surface area contributed by atoms with E-state index >= 15 is 0 Å². The molecule has 0 aliphatic rings. The predicted molar refractivity (Wildman–Crippen MR) is 238 cm³/mol. The van der Waals surface area contributed by atoms with E-state index in [4.69, 9.17) is 14.2 Å². The predicted octanol–water partition coefficient (Wildman–Crippen LogP) is 15.8. The van der Waals surface area contributed by atoms with Crippen molar-refractivity contribution in [1.29, 1.82) is 0 Å². The van der Waals surface area contributed by atoms with E-state index in [9.17, 15) is 9.59 Å². The molecule has 0 saturated heterocycles. The van der Waals surface area contributed by atoms with Crippen LogP contribution in [-0.2, 0) is 23.8 Å². The Morgan fingerprint density at radius 1 is 0.545 bits per heavy atom. The van der Waals surface area contributed by atoms with Gasteiger partial charge in [-0.2, -0.15) is 0 Å². The number of carbonyl (C=O) groups is 2. The van der Waals surface area contributed by atoms with Crippen molar-refractivity contribution in [1.82, 2.24) is 0 Å². The average Bonchev–Trinajstić information content (AvgIpc) is 3.15. The van der Waals surface area contributed by atoms with Gasteiger partial charge in [-0.3, -0.25) is 9.59 Å². The number of ether oxygens (including phenoxy) is 3. The highest BCUT2D eigenvalue weighted by Crippen LogP contribution is 2.31. The lowest BCUT2D eigenvalue weighted by atomic mass is 9.83. The van der Waals surface area contributed by atoms with Crippen LogP contribution in [0.3, 0.4) is 0 Å². The average molecular weight is 775 g/mol. The van der Waals surface area contributed by atoms with Crippen molar-refractivity contribution in [2.45, 2.75) is 266 Å². The van der Waals surface area contributed by atoms with E-state index in [1.54, 1.807) is 0 Å². The fourth-order valence-corrected chi connectivity index (χ4v) is 7.47. The van der Waals surface area contributed by atoms with Gasteiger partial charge in [-0.25, -0.2) is 0 Å². The summed E-state index contributed by atoms with van der Waals surface area (Å²) in [5.41, 5.74) is -0.456. The highest BCUT2D eigenvalue weighted by Gasteiger charge is 2.32. The zero-order chi connectivity index (χ0) is 40.8. The molecule has 0 aromatic carbocycles. The first-order valence-corrected chi connectivity index (χ1v) is 23.9. The number of esters is 2. The Hall–Kier alpha value is -1.62. The third kappa shape index (κ3) is 34.2. The summed E-state index contributed by atoms with van der Waals surface area (Å²) in [6.45, 7) is 18.1. The maximum absolute atomic E-state index is 12.9. The minimum atomic E-state index is -0.456. The maximum atomic E-state index is 12.9. The lowest BCUT2D eigenvalue weighted by Crippen LogP contribution is -2.36. The van der Waals surface area contributed by atoms with E-state index < -0.39 is 5.60 Å². The van der Waals surface area contributed by atoms with Gasteiger partial charge >= 0.3 is 11.9 Å². The number of carbonyl (C=O) groups excluding carboxylic acids is 2. The minimum absolute atomic E-state index is 0.0223. The Labute approximate surface area is 343 Å². The van der Waals surface area contributed by atoms with Crippen LogP contribution in [-0.4, -0.2) is 36.4 Å². The summed E-state index contributed by atoms with van der Waals surface area (Å²) in [6, 6.07) is 0. The van der Waals surface area contributed by atoms with Crippen LogP contribution >= 0.6 is 0 Å². The normalized spacial score (nSPS) is 13.9. The van der Waals surface area contributed by atoms with Crippen LogP contribution in [0.25, 0.3) is 0 Å². The van der Waals surface area contributed by atoms with Gasteiger partial charge in [0, 0.05) is 18.8 Å². The number of allylic oxidation sites excluding steroid dienone is 3. The van der Waals surface area contributed by atoms with Crippen molar-refractivity contribution in [2.24, 2.45) is 11.8 Å². The summed E-state index contributed by atoms with van der Waals surface area (Å²) in [5.74, 6) is 0.798. The second-order valence-electron chi connectivity index (χ2n) is 17.4. The smallest absolute Gasteiger partial charge is 0.306 e. The van der Waals surface area contributed by atoms with Crippen molar-refractivity contribution in [3.8, 4) is 0 Å². The Morgan fingerprint density at radius 2 is 1.05 bits per heavy atom. The Kier molecular flexibility index (Phi) is 36.8. The molecule has 55 heavy (non-hydrogen) atoms. The van der Waals surface area contributed by atoms with Crippen LogP contribution in [0.4, 0.5) is 0 Å². The third-order valence-corrected chi connectivity index (χ3v) is 11.3. The van der Waals surface area contributed by atoms with Gasteiger partial charge in [0.25, 0.3) is 0 Å². The highest BCUT2D eigenvalue weighted by molar-refractivity contribution is 5.70. The van der Waals surface area contributed by atoms with Crippen LogP contribution in [0.1, 0.15) is 248 Å². The van der Waals surface area contributed by atoms with Crippen molar-refractivity contribution >= 4 is 11.9 Å². The molecule has 0 rings (SSSR count).